The first-order chi connectivity index (χ1) is 10.5. The molecule has 2 unspecified atom stereocenters. The molecule has 7 nitrogen and oxygen atoms in total. The number of anilines is 2. The van der Waals surface area contributed by atoms with Gasteiger partial charge in [-0.15, -0.1) is 0 Å². The Bertz CT molecular complexity index is 569. The topological polar surface area (TPSA) is 96.4 Å². The number of carbonyl (C=O) groups is 1. The van der Waals surface area contributed by atoms with E-state index in [-0.39, 0.29) is 12.8 Å². The lowest BCUT2D eigenvalue weighted by Gasteiger charge is -2.34. The van der Waals surface area contributed by atoms with Gasteiger partial charge in [0.25, 0.3) is 0 Å². The summed E-state index contributed by atoms with van der Waals surface area (Å²) in [6.07, 6.45) is -4.27. The molecule has 0 radical (unpaired) electrons. The predicted octanol–water partition coefficient (Wildman–Crippen LogP) is 0.401. The monoisotopic (exact) mass is 335 g/mol. The summed E-state index contributed by atoms with van der Waals surface area (Å²) < 4.78 is 39.0. The zero-order valence-corrected chi connectivity index (χ0v) is 12.9. The molecule has 1 aliphatic heterocycles. The van der Waals surface area contributed by atoms with Crippen molar-refractivity contribution >= 4 is 17.4 Å². The zero-order valence-electron chi connectivity index (χ0n) is 12.9. The molecule has 1 aromatic rings. The van der Waals surface area contributed by atoms with Crippen molar-refractivity contribution in [3.63, 3.8) is 0 Å². The maximum atomic E-state index is 12.5. The van der Waals surface area contributed by atoms with Crippen LogP contribution in [0.1, 0.15) is 19.8 Å². The Morgan fingerprint density at radius 1 is 1.52 bits per heavy atom. The Kier molecular flexibility index (Phi) is 4.47. The maximum absolute atomic E-state index is 12.5. The highest BCUT2D eigenvalue weighted by Gasteiger charge is 2.45. The Morgan fingerprint density at radius 2 is 2.17 bits per heavy atom. The van der Waals surface area contributed by atoms with Crippen LogP contribution in [0.15, 0.2) is 6.20 Å². The smallest absolute Gasteiger partial charge is 0.394 e. The molecule has 130 valence electrons. The largest absolute Gasteiger partial charge is 0.471 e. The van der Waals surface area contributed by atoms with Crippen molar-refractivity contribution in [3.8, 4) is 0 Å². The molecule has 1 aromatic heterocycles. The van der Waals surface area contributed by atoms with E-state index < -0.39 is 23.7 Å². The van der Waals surface area contributed by atoms with Gasteiger partial charge in [0, 0.05) is 20.1 Å². The van der Waals surface area contributed by atoms with Crippen molar-refractivity contribution in [2.24, 2.45) is 7.05 Å². The minimum Gasteiger partial charge on any atom is -0.394 e. The fraction of sp³-hybridized carbons (Fsp3) is 0.692. The molecular formula is C13H20F3N5O2. The predicted molar refractivity (Wildman–Crippen MR) is 77.7 cm³/mol. The Labute approximate surface area is 131 Å². The molecule has 10 heteroatoms. The number of nitrogens with two attached hydrogens (primary N) is 1. The molecule has 2 atom stereocenters. The zero-order chi connectivity index (χ0) is 17.4. The summed E-state index contributed by atoms with van der Waals surface area (Å²) >= 11 is 0. The standard InChI is InChI=1S/C13H20F3N5O2/c1-12(19-11(23)13(14,15)16)4-6-21(5-3-9(12)22)10-8(17)7-18-20(10)2/h7,9,22H,3-6,17H2,1-2H3,(H,19,23). The van der Waals surface area contributed by atoms with Gasteiger partial charge in [0.2, 0.25) is 0 Å². The number of hydrogen-bond donors (Lipinski definition) is 3. The van der Waals surface area contributed by atoms with Crippen LogP contribution < -0.4 is 16.0 Å². The molecule has 1 amide bonds. The minimum absolute atomic E-state index is 0.139. The molecule has 2 heterocycles. The van der Waals surface area contributed by atoms with Crippen LogP contribution in [0.3, 0.4) is 0 Å². The van der Waals surface area contributed by atoms with E-state index in [4.69, 9.17) is 5.73 Å². The Balaban J connectivity index is 2.16. The number of nitrogen functional groups attached to an aromatic ring is 1. The molecule has 4 N–H and O–H groups in total. The van der Waals surface area contributed by atoms with Crippen molar-refractivity contribution in [1.29, 1.82) is 0 Å². The summed E-state index contributed by atoms with van der Waals surface area (Å²) in [6.45, 7) is 2.13. The average Bonchev–Trinajstić information content (AvgIpc) is 2.70. The number of aliphatic hydroxyl groups excluding tert-OH is 1. The van der Waals surface area contributed by atoms with Crippen LogP contribution in [0.5, 0.6) is 0 Å². The number of alkyl halides is 3. The highest BCUT2D eigenvalue weighted by Crippen LogP contribution is 2.29. The van der Waals surface area contributed by atoms with Crippen LogP contribution in [-0.2, 0) is 11.8 Å². The van der Waals surface area contributed by atoms with Crippen molar-refractivity contribution in [1.82, 2.24) is 15.1 Å². The minimum atomic E-state index is -4.98. The molecule has 0 saturated carbocycles. The van der Waals surface area contributed by atoms with Crippen LogP contribution in [0.25, 0.3) is 0 Å². The average molecular weight is 335 g/mol. The van der Waals surface area contributed by atoms with E-state index in [0.29, 0.717) is 24.6 Å². The van der Waals surface area contributed by atoms with Crippen molar-refractivity contribution < 1.29 is 23.1 Å². The first kappa shape index (κ1) is 17.4. The number of hydrogen-bond acceptors (Lipinski definition) is 5. The molecule has 0 aromatic carbocycles. The maximum Gasteiger partial charge on any atom is 0.471 e. The van der Waals surface area contributed by atoms with Gasteiger partial charge in [0.15, 0.2) is 0 Å². The van der Waals surface area contributed by atoms with E-state index in [9.17, 15) is 23.1 Å². The third kappa shape index (κ3) is 3.52. The van der Waals surface area contributed by atoms with Crippen LogP contribution >= 0.6 is 0 Å². The number of nitrogens with zero attached hydrogens (tertiary/aromatic N) is 3. The summed E-state index contributed by atoms with van der Waals surface area (Å²) in [5.41, 5.74) is 4.94. The SMILES string of the molecule is Cn1ncc(N)c1N1CCC(O)C(C)(NC(=O)C(F)(F)F)CC1. The lowest BCUT2D eigenvalue weighted by atomic mass is 9.90. The first-order valence-electron chi connectivity index (χ1n) is 7.14. The summed E-state index contributed by atoms with van der Waals surface area (Å²) in [7, 11) is 1.71. The molecule has 23 heavy (non-hydrogen) atoms. The fourth-order valence-corrected chi connectivity index (χ4v) is 2.77. The highest BCUT2D eigenvalue weighted by molar-refractivity contribution is 5.82. The van der Waals surface area contributed by atoms with Crippen molar-refractivity contribution in [3.05, 3.63) is 6.20 Å². The van der Waals surface area contributed by atoms with Crippen molar-refractivity contribution in [2.45, 2.75) is 37.6 Å². The molecule has 0 aliphatic carbocycles. The molecular weight excluding hydrogens is 315 g/mol. The fourth-order valence-electron chi connectivity index (χ4n) is 2.77. The van der Waals surface area contributed by atoms with Gasteiger partial charge in [-0.2, -0.15) is 18.3 Å². The Morgan fingerprint density at radius 3 is 2.70 bits per heavy atom. The second-order valence-electron chi connectivity index (χ2n) is 5.96. The van der Waals surface area contributed by atoms with Crippen LogP contribution in [-0.4, -0.2) is 51.7 Å². The first-order valence-corrected chi connectivity index (χ1v) is 7.14. The summed E-state index contributed by atoms with van der Waals surface area (Å²) in [5.74, 6) is -1.41. The number of halogens is 3. The summed E-state index contributed by atoms with van der Waals surface area (Å²) in [4.78, 5) is 13.1. The molecule has 0 spiro atoms. The van der Waals surface area contributed by atoms with Crippen LogP contribution in [0.4, 0.5) is 24.7 Å². The molecule has 2 rings (SSSR count). The van der Waals surface area contributed by atoms with Gasteiger partial charge in [-0.1, -0.05) is 0 Å². The third-order valence-electron chi connectivity index (χ3n) is 4.20. The molecule has 1 fully saturated rings. The second-order valence-corrected chi connectivity index (χ2v) is 5.96. The molecule has 0 bridgehead atoms. The summed E-state index contributed by atoms with van der Waals surface area (Å²) in [5, 5.41) is 16.2. The van der Waals surface area contributed by atoms with E-state index in [1.165, 1.54) is 13.1 Å². The van der Waals surface area contributed by atoms with Crippen LogP contribution in [0, 0.1) is 0 Å². The van der Waals surface area contributed by atoms with E-state index >= 15 is 0 Å². The normalized spacial score (nSPS) is 26.0. The van der Waals surface area contributed by atoms with Gasteiger partial charge in [-0.25, -0.2) is 0 Å². The van der Waals surface area contributed by atoms with Gasteiger partial charge < -0.3 is 21.1 Å². The number of aliphatic hydroxyl groups is 1. The molecule has 1 aliphatic rings. The third-order valence-corrected chi connectivity index (χ3v) is 4.20. The number of amides is 1. The van der Waals surface area contributed by atoms with E-state index in [1.807, 2.05) is 10.2 Å². The second kappa shape index (κ2) is 5.91. The van der Waals surface area contributed by atoms with E-state index in [0.717, 1.165) is 0 Å². The number of aryl methyl sites for hydroxylation is 1. The lowest BCUT2D eigenvalue weighted by molar-refractivity contribution is -0.177. The molecule has 1 saturated heterocycles. The number of carbonyl (C=O) groups excluding carboxylic acids is 1. The van der Waals surface area contributed by atoms with E-state index in [2.05, 4.69) is 5.10 Å². The van der Waals surface area contributed by atoms with E-state index in [1.54, 1.807) is 11.7 Å². The van der Waals surface area contributed by atoms with Gasteiger partial charge in [0.05, 0.1) is 23.5 Å². The number of rotatable bonds is 2. The lowest BCUT2D eigenvalue weighted by Crippen LogP contribution is -2.57. The van der Waals surface area contributed by atoms with Gasteiger partial charge >= 0.3 is 12.1 Å². The van der Waals surface area contributed by atoms with Gasteiger partial charge in [-0.3, -0.25) is 9.48 Å². The summed E-state index contributed by atoms with van der Waals surface area (Å²) in [6, 6.07) is 0. The van der Waals surface area contributed by atoms with Crippen LogP contribution in [0.2, 0.25) is 0 Å². The highest BCUT2D eigenvalue weighted by atomic mass is 19.4. The number of nitrogens with one attached hydrogen (secondary N) is 1. The quantitative estimate of drug-likeness (QED) is 0.727. The van der Waals surface area contributed by atoms with Crippen molar-refractivity contribution in [2.75, 3.05) is 23.7 Å². The Hall–Kier alpha value is -1.97. The van der Waals surface area contributed by atoms with Gasteiger partial charge in [-0.05, 0) is 19.8 Å². The number of aromatic nitrogens is 2. The van der Waals surface area contributed by atoms with Gasteiger partial charge in [0.1, 0.15) is 5.82 Å².